The van der Waals surface area contributed by atoms with Crippen LogP contribution in [0.1, 0.15) is 11.5 Å². The molecular formula is C9H8ClN3O. The topological polar surface area (TPSA) is 51.8 Å². The fourth-order valence-electron chi connectivity index (χ4n) is 1.32. The van der Waals surface area contributed by atoms with Gasteiger partial charge < -0.3 is 4.52 Å². The van der Waals surface area contributed by atoms with Crippen LogP contribution in [-0.4, -0.2) is 15.1 Å². The number of hydrogen-bond acceptors (Lipinski definition) is 4. The zero-order valence-electron chi connectivity index (χ0n) is 7.78. The lowest BCUT2D eigenvalue weighted by Crippen LogP contribution is -1.88. The van der Waals surface area contributed by atoms with Gasteiger partial charge in [0.2, 0.25) is 5.28 Å². The molecule has 14 heavy (non-hydrogen) atoms. The van der Waals surface area contributed by atoms with Gasteiger partial charge in [-0.25, -0.2) is 9.97 Å². The van der Waals surface area contributed by atoms with Crippen molar-refractivity contribution >= 4 is 11.6 Å². The van der Waals surface area contributed by atoms with E-state index in [2.05, 4.69) is 15.1 Å². The zero-order chi connectivity index (χ0) is 10.1. The molecule has 2 aromatic rings. The third kappa shape index (κ3) is 1.48. The van der Waals surface area contributed by atoms with Crippen molar-refractivity contribution < 1.29 is 4.52 Å². The van der Waals surface area contributed by atoms with Gasteiger partial charge in [-0.15, -0.1) is 0 Å². The van der Waals surface area contributed by atoms with Gasteiger partial charge in [0.15, 0.2) is 0 Å². The summed E-state index contributed by atoms with van der Waals surface area (Å²) in [6, 6.07) is 1.78. The molecule has 2 aromatic heterocycles. The zero-order valence-corrected chi connectivity index (χ0v) is 8.54. The molecular weight excluding hydrogens is 202 g/mol. The van der Waals surface area contributed by atoms with Crippen LogP contribution >= 0.6 is 11.6 Å². The molecule has 72 valence electrons. The predicted molar refractivity (Wildman–Crippen MR) is 52.0 cm³/mol. The SMILES string of the molecule is Cc1noc(C)c1-c1ccnc(Cl)n1. The van der Waals surface area contributed by atoms with Crippen LogP contribution in [0.2, 0.25) is 5.28 Å². The van der Waals surface area contributed by atoms with E-state index < -0.39 is 0 Å². The molecule has 0 unspecified atom stereocenters. The third-order valence-corrected chi connectivity index (χ3v) is 2.10. The average molecular weight is 210 g/mol. The van der Waals surface area contributed by atoms with E-state index in [9.17, 15) is 0 Å². The first-order valence-electron chi connectivity index (χ1n) is 4.10. The summed E-state index contributed by atoms with van der Waals surface area (Å²) in [6.45, 7) is 3.70. The van der Waals surface area contributed by atoms with Gasteiger partial charge in [0.05, 0.1) is 17.0 Å². The highest BCUT2D eigenvalue weighted by molar-refractivity contribution is 6.28. The Balaban J connectivity index is 2.59. The maximum Gasteiger partial charge on any atom is 0.222 e. The first kappa shape index (κ1) is 9.15. The van der Waals surface area contributed by atoms with Gasteiger partial charge in [-0.1, -0.05) is 5.16 Å². The molecule has 5 heteroatoms. The average Bonchev–Trinajstić information content (AvgIpc) is 2.46. The summed E-state index contributed by atoms with van der Waals surface area (Å²) in [6.07, 6.45) is 1.61. The second kappa shape index (κ2) is 3.38. The van der Waals surface area contributed by atoms with E-state index >= 15 is 0 Å². The molecule has 0 saturated carbocycles. The summed E-state index contributed by atoms with van der Waals surface area (Å²) in [5.41, 5.74) is 2.42. The molecule has 0 N–H and O–H groups in total. The summed E-state index contributed by atoms with van der Waals surface area (Å²) in [4.78, 5) is 7.90. The normalized spacial score (nSPS) is 10.5. The second-order valence-corrected chi connectivity index (χ2v) is 3.25. The fraction of sp³-hybridized carbons (Fsp3) is 0.222. The van der Waals surface area contributed by atoms with Crippen molar-refractivity contribution in [2.75, 3.05) is 0 Å². The van der Waals surface area contributed by atoms with Crippen LogP contribution in [0.4, 0.5) is 0 Å². The summed E-state index contributed by atoms with van der Waals surface area (Å²) in [7, 11) is 0. The van der Waals surface area contributed by atoms with E-state index in [0.29, 0.717) is 0 Å². The van der Waals surface area contributed by atoms with Gasteiger partial charge >= 0.3 is 0 Å². The van der Waals surface area contributed by atoms with Gasteiger partial charge in [-0.3, -0.25) is 0 Å². The van der Waals surface area contributed by atoms with Crippen LogP contribution in [0.25, 0.3) is 11.3 Å². The predicted octanol–water partition coefficient (Wildman–Crippen LogP) is 2.40. The highest BCUT2D eigenvalue weighted by Crippen LogP contribution is 2.24. The van der Waals surface area contributed by atoms with Gasteiger partial charge in [-0.2, -0.15) is 0 Å². The van der Waals surface area contributed by atoms with Crippen molar-refractivity contribution in [3.63, 3.8) is 0 Å². The van der Waals surface area contributed by atoms with Crippen molar-refractivity contribution in [2.24, 2.45) is 0 Å². The minimum Gasteiger partial charge on any atom is -0.361 e. The summed E-state index contributed by atoms with van der Waals surface area (Å²) in [5.74, 6) is 0.734. The maximum absolute atomic E-state index is 5.69. The Morgan fingerprint density at radius 2 is 2.14 bits per heavy atom. The molecule has 0 aliphatic heterocycles. The van der Waals surface area contributed by atoms with Crippen LogP contribution in [0.5, 0.6) is 0 Å². The molecule has 0 aromatic carbocycles. The number of aryl methyl sites for hydroxylation is 2. The molecule has 2 rings (SSSR count). The Labute approximate surface area is 85.9 Å². The Hall–Kier alpha value is -1.42. The number of halogens is 1. The second-order valence-electron chi connectivity index (χ2n) is 2.91. The van der Waals surface area contributed by atoms with Gasteiger partial charge in [0.1, 0.15) is 5.76 Å². The van der Waals surface area contributed by atoms with Crippen LogP contribution in [0, 0.1) is 13.8 Å². The molecule has 0 bridgehead atoms. The van der Waals surface area contributed by atoms with Crippen LogP contribution in [0.3, 0.4) is 0 Å². The minimum atomic E-state index is 0.225. The van der Waals surface area contributed by atoms with E-state index in [1.807, 2.05) is 13.8 Å². The molecule has 0 radical (unpaired) electrons. The highest BCUT2D eigenvalue weighted by atomic mass is 35.5. The summed E-state index contributed by atoms with van der Waals surface area (Å²) >= 11 is 5.69. The molecule has 0 amide bonds. The van der Waals surface area contributed by atoms with Crippen molar-refractivity contribution in [3.8, 4) is 11.3 Å². The smallest absolute Gasteiger partial charge is 0.222 e. The van der Waals surface area contributed by atoms with Gasteiger partial charge in [0.25, 0.3) is 0 Å². The van der Waals surface area contributed by atoms with Crippen LogP contribution in [-0.2, 0) is 0 Å². The number of hydrogen-bond donors (Lipinski definition) is 0. The monoisotopic (exact) mass is 209 g/mol. The highest BCUT2D eigenvalue weighted by Gasteiger charge is 2.12. The maximum atomic E-state index is 5.69. The van der Waals surface area contributed by atoms with E-state index in [0.717, 1.165) is 22.7 Å². The largest absolute Gasteiger partial charge is 0.361 e. The summed E-state index contributed by atoms with van der Waals surface area (Å²) < 4.78 is 5.04. The van der Waals surface area contributed by atoms with Crippen LogP contribution < -0.4 is 0 Å². The fourth-order valence-corrected chi connectivity index (χ4v) is 1.47. The first-order valence-corrected chi connectivity index (χ1v) is 4.48. The van der Waals surface area contributed by atoms with Gasteiger partial charge in [-0.05, 0) is 31.5 Å². The van der Waals surface area contributed by atoms with Crippen molar-refractivity contribution in [3.05, 3.63) is 29.0 Å². The molecule has 0 spiro atoms. The molecule has 4 nitrogen and oxygen atoms in total. The molecule has 0 aliphatic carbocycles. The first-order chi connectivity index (χ1) is 6.68. The van der Waals surface area contributed by atoms with Crippen LogP contribution in [0.15, 0.2) is 16.8 Å². The molecule has 0 fully saturated rings. The summed E-state index contributed by atoms with van der Waals surface area (Å²) in [5, 5.41) is 4.07. The molecule has 0 atom stereocenters. The lowest BCUT2D eigenvalue weighted by Gasteiger charge is -1.98. The molecule has 0 aliphatic rings. The van der Waals surface area contributed by atoms with Gasteiger partial charge in [0, 0.05) is 6.20 Å². The van der Waals surface area contributed by atoms with Crippen molar-refractivity contribution in [2.45, 2.75) is 13.8 Å². The molecule has 2 heterocycles. The lowest BCUT2D eigenvalue weighted by molar-refractivity contribution is 0.393. The van der Waals surface area contributed by atoms with E-state index in [4.69, 9.17) is 16.1 Å². The third-order valence-electron chi connectivity index (χ3n) is 1.92. The van der Waals surface area contributed by atoms with E-state index in [-0.39, 0.29) is 5.28 Å². The Kier molecular flexibility index (Phi) is 2.21. The van der Waals surface area contributed by atoms with Crippen molar-refractivity contribution in [1.82, 2.24) is 15.1 Å². The number of rotatable bonds is 1. The quantitative estimate of drug-likeness (QED) is 0.677. The minimum absolute atomic E-state index is 0.225. The van der Waals surface area contributed by atoms with E-state index in [1.54, 1.807) is 12.3 Å². The Bertz CT molecular complexity index is 447. The Morgan fingerprint density at radius 3 is 2.71 bits per heavy atom. The van der Waals surface area contributed by atoms with Crippen molar-refractivity contribution in [1.29, 1.82) is 0 Å². The number of aromatic nitrogens is 3. The number of nitrogens with zero attached hydrogens (tertiary/aromatic N) is 3. The van der Waals surface area contributed by atoms with E-state index in [1.165, 1.54) is 0 Å². The molecule has 0 saturated heterocycles. The Morgan fingerprint density at radius 1 is 1.36 bits per heavy atom. The lowest BCUT2D eigenvalue weighted by atomic mass is 10.1. The standard InChI is InChI=1S/C9H8ClN3O/c1-5-8(6(2)14-13-5)7-3-4-11-9(10)12-7/h3-4H,1-2H3.